The van der Waals surface area contributed by atoms with Crippen LogP contribution in [0, 0.1) is 22.0 Å². The average molecular weight is 363 g/mol. The van der Waals surface area contributed by atoms with Crippen molar-refractivity contribution >= 4 is 23.3 Å². The third kappa shape index (κ3) is 4.71. The minimum absolute atomic E-state index is 0.0465. The highest BCUT2D eigenvalue weighted by molar-refractivity contribution is 5.95. The van der Waals surface area contributed by atoms with E-state index >= 15 is 0 Å². The number of aliphatic carboxylic acids is 1. The molecule has 1 fully saturated rings. The number of carboxylic acid groups (broad SMARTS) is 1. The Hall–Kier alpha value is -2.64. The predicted molar refractivity (Wildman–Crippen MR) is 97.5 cm³/mol. The summed E-state index contributed by atoms with van der Waals surface area (Å²) in [7, 11) is 1.49. The second kappa shape index (κ2) is 8.16. The van der Waals surface area contributed by atoms with Crippen molar-refractivity contribution in [1.82, 2.24) is 4.90 Å². The van der Waals surface area contributed by atoms with Crippen LogP contribution in [0.25, 0.3) is 0 Å². The van der Waals surface area contributed by atoms with Crippen molar-refractivity contribution in [3.05, 3.63) is 33.9 Å². The zero-order valence-corrected chi connectivity index (χ0v) is 15.3. The van der Waals surface area contributed by atoms with Crippen LogP contribution >= 0.6 is 0 Å². The topological polar surface area (TPSA) is 104 Å². The number of rotatable bonds is 6. The number of hydrogen-bond acceptors (Lipinski definition) is 5. The summed E-state index contributed by atoms with van der Waals surface area (Å²) < 4.78 is 0. The highest BCUT2D eigenvalue weighted by Crippen LogP contribution is 2.34. The van der Waals surface area contributed by atoms with Gasteiger partial charge in [-0.1, -0.05) is 13.8 Å². The summed E-state index contributed by atoms with van der Waals surface area (Å²) in [6, 6.07) is 4.49. The van der Waals surface area contributed by atoms with Gasteiger partial charge in [-0.2, -0.15) is 0 Å². The van der Waals surface area contributed by atoms with Gasteiger partial charge < -0.3 is 14.9 Å². The molecule has 142 valence electrons. The molecule has 26 heavy (non-hydrogen) atoms. The summed E-state index contributed by atoms with van der Waals surface area (Å²) in [4.78, 5) is 37.4. The van der Waals surface area contributed by atoms with E-state index in [9.17, 15) is 19.7 Å². The standard InChI is InChI=1S/C18H25N3O5/c1-12-8-13(2)11-20(10-12)15-5-4-14(9-16(15)21(25)26)18(24)19(3)7-6-17(22)23/h4-5,9,12-13H,6-8,10-11H2,1-3H3,(H,22,23). The third-order valence-corrected chi connectivity index (χ3v) is 4.64. The van der Waals surface area contributed by atoms with Crippen molar-refractivity contribution in [3.63, 3.8) is 0 Å². The smallest absolute Gasteiger partial charge is 0.305 e. The van der Waals surface area contributed by atoms with E-state index in [0.717, 1.165) is 19.5 Å². The summed E-state index contributed by atoms with van der Waals surface area (Å²) in [6.45, 7) is 5.80. The van der Waals surface area contributed by atoms with Gasteiger partial charge in [-0.3, -0.25) is 19.7 Å². The molecule has 1 heterocycles. The number of amides is 1. The van der Waals surface area contributed by atoms with Gasteiger partial charge in [0.15, 0.2) is 0 Å². The van der Waals surface area contributed by atoms with Crippen molar-refractivity contribution in [2.75, 3.05) is 31.6 Å². The lowest BCUT2D eigenvalue weighted by Gasteiger charge is -2.36. The zero-order chi connectivity index (χ0) is 19.4. The van der Waals surface area contributed by atoms with Gasteiger partial charge in [-0.15, -0.1) is 0 Å². The highest BCUT2D eigenvalue weighted by Gasteiger charge is 2.28. The van der Waals surface area contributed by atoms with E-state index in [1.54, 1.807) is 12.1 Å². The minimum Gasteiger partial charge on any atom is -0.481 e. The fourth-order valence-corrected chi connectivity index (χ4v) is 3.52. The molecule has 0 saturated carbocycles. The lowest BCUT2D eigenvalue weighted by atomic mass is 9.91. The van der Waals surface area contributed by atoms with Crippen LogP contribution in [0.3, 0.4) is 0 Å². The second-order valence-corrected chi connectivity index (χ2v) is 7.18. The van der Waals surface area contributed by atoms with Crippen LogP contribution in [-0.4, -0.2) is 53.5 Å². The molecule has 8 nitrogen and oxygen atoms in total. The van der Waals surface area contributed by atoms with Gasteiger partial charge in [-0.25, -0.2) is 0 Å². The summed E-state index contributed by atoms with van der Waals surface area (Å²) in [6.07, 6.45) is 0.918. The van der Waals surface area contributed by atoms with Gasteiger partial charge in [0.25, 0.3) is 11.6 Å². The molecule has 1 amide bonds. The second-order valence-electron chi connectivity index (χ2n) is 7.18. The van der Waals surface area contributed by atoms with Crippen LogP contribution in [0.1, 0.15) is 37.0 Å². The number of carbonyl (C=O) groups is 2. The van der Waals surface area contributed by atoms with Crippen LogP contribution in [0.15, 0.2) is 18.2 Å². The first-order chi connectivity index (χ1) is 12.2. The fraction of sp³-hybridized carbons (Fsp3) is 0.556. The molecule has 0 spiro atoms. The van der Waals surface area contributed by atoms with Gasteiger partial charge in [0.1, 0.15) is 5.69 Å². The maximum atomic E-state index is 12.4. The van der Waals surface area contributed by atoms with E-state index in [1.807, 2.05) is 4.90 Å². The van der Waals surface area contributed by atoms with Crippen molar-refractivity contribution < 1.29 is 19.6 Å². The summed E-state index contributed by atoms with van der Waals surface area (Å²) in [5, 5.41) is 20.3. The Bertz CT molecular complexity index is 696. The Kier molecular flexibility index (Phi) is 6.18. The van der Waals surface area contributed by atoms with Gasteiger partial charge >= 0.3 is 5.97 Å². The summed E-state index contributed by atoms with van der Waals surface area (Å²) in [5.74, 6) is -0.538. The molecule has 2 unspecified atom stereocenters. The lowest BCUT2D eigenvalue weighted by molar-refractivity contribution is -0.384. The molecule has 0 aliphatic carbocycles. The molecule has 1 N–H and O–H groups in total. The van der Waals surface area contributed by atoms with Crippen LogP contribution in [-0.2, 0) is 4.79 Å². The van der Waals surface area contributed by atoms with Gasteiger partial charge in [0.05, 0.1) is 11.3 Å². The summed E-state index contributed by atoms with van der Waals surface area (Å²) in [5.41, 5.74) is 0.619. The summed E-state index contributed by atoms with van der Waals surface area (Å²) >= 11 is 0. The Balaban J connectivity index is 2.27. The number of benzene rings is 1. The minimum atomic E-state index is -1.00. The van der Waals surface area contributed by atoms with Gasteiger partial charge in [0, 0.05) is 38.3 Å². The Morgan fingerprint density at radius 1 is 1.31 bits per heavy atom. The molecule has 1 aliphatic rings. The molecular weight excluding hydrogens is 338 g/mol. The number of nitro benzene ring substituents is 1. The largest absolute Gasteiger partial charge is 0.481 e. The van der Waals surface area contributed by atoms with Gasteiger partial charge in [-0.05, 0) is 30.4 Å². The van der Waals surface area contributed by atoms with Crippen molar-refractivity contribution in [3.8, 4) is 0 Å². The lowest BCUT2D eigenvalue weighted by Crippen LogP contribution is -2.39. The van der Waals surface area contributed by atoms with Crippen molar-refractivity contribution in [2.45, 2.75) is 26.7 Å². The maximum Gasteiger partial charge on any atom is 0.305 e. The molecule has 0 aromatic heterocycles. The molecule has 1 aromatic carbocycles. The highest BCUT2D eigenvalue weighted by atomic mass is 16.6. The Labute approximate surface area is 152 Å². The number of piperidine rings is 1. The zero-order valence-electron chi connectivity index (χ0n) is 15.3. The first-order valence-electron chi connectivity index (χ1n) is 8.69. The van der Waals surface area contributed by atoms with Crippen LogP contribution < -0.4 is 4.90 Å². The molecule has 1 aliphatic heterocycles. The molecular formula is C18H25N3O5. The number of nitrogens with zero attached hydrogens (tertiary/aromatic N) is 3. The SMILES string of the molecule is CC1CC(C)CN(c2ccc(C(=O)N(C)CCC(=O)O)cc2[N+](=O)[O-])C1. The van der Waals surface area contributed by atoms with E-state index in [-0.39, 0.29) is 24.2 Å². The molecule has 2 atom stereocenters. The molecule has 8 heteroatoms. The van der Waals surface area contributed by atoms with Crippen LogP contribution in [0.5, 0.6) is 0 Å². The van der Waals surface area contributed by atoms with Gasteiger partial charge in [0.2, 0.25) is 0 Å². The van der Waals surface area contributed by atoms with E-state index < -0.39 is 16.8 Å². The van der Waals surface area contributed by atoms with E-state index in [4.69, 9.17) is 5.11 Å². The number of anilines is 1. The number of hydrogen-bond donors (Lipinski definition) is 1. The van der Waals surface area contributed by atoms with Crippen LogP contribution in [0.4, 0.5) is 11.4 Å². The monoisotopic (exact) mass is 363 g/mol. The average Bonchev–Trinajstić information content (AvgIpc) is 2.57. The van der Waals surface area contributed by atoms with Crippen molar-refractivity contribution in [2.24, 2.45) is 11.8 Å². The number of nitro groups is 1. The Morgan fingerprint density at radius 2 is 1.92 bits per heavy atom. The molecule has 1 aromatic rings. The maximum absolute atomic E-state index is 12.4. The number of carbonyl (C=O) groups excluding carboxylic acids is 1. The predicted octanol–water partition coefficient (Wildman–Crippen LogP) is 2.62. The van der Waals surface area contributed by atoms with Crippen LogP contribution in [0.2, 0.25) is 0 Å². The fourth-order valence-electron chi connectivity index (χ4n) is 3.52. The molecule has 2 rings (SSSR count). The van der Waals surface area contributed by atoms with E-state index in [2.05, 4.69) is 13.8 Å². The van der Waals surface area contributed by atoms with E-state index in [1.165, 1.54) is 18.0 Å². The molecule has 1 saturated heterocycles. The number of carboxylic acids is 1. The first-order valence-corrected chi connectivity index (χ1v) is 8.69. The van der Waals surface area contributed by atoms with Crippen molar-refractivity contribution in [1.29, 1.82) is 0 Å². The van der Waals surface area contributed by atoms with E-state index in [0.29, 0.717) is 17.5 Å². The normalized spacial score (nSPS) is 19.9. The first kappa shape index (κ1) is 19.7. The Morgan fingerprint density at radius 3 is 2.46 bits per heavy atom. The molecule has 0 radical (unpaired) electrons. The quantitative estimate of drug-likeness (QED) is 0.615. The molecule has 0 bridgehead atoms. The third-order valence-electron chi connectivity index (χ3n) is 4.64.